The maximum Gasteiger partial charge on any atom is 0.510 e. The van der Waals surface area contributed by atoms with Crippen LogP contribution in [0.3, 0.4) is 0 Å². The van der Waals surface area contributed by atoms with Crippen molar-refractivity contribution in [3.63, 3.8) is 0 Å². The van der Waals surface area contributed by atoms with Crippen LogP contribution >= 0.6 is 11.6 Å². The molecule has 1 aromatic rings. The highest BCUT2D eigenvalue weighted by Gasteiger charge is 2.36. The predicted molar refractivity (Wildman–Crippen MR) is 100 cm³/mol. The van der Waals surface area contributed by atoms with Gasteiger partial charge >= 0.3 is 17.9 Å². The van der Waals surface area contributed by atoms with Gasteiger partial charge in [0.1, 0.15) is 0 Å². The second kappa shape index (κ2) is 10.4. The predicted octanol–water partition coefficient (Wildman–Crippen LogP) is 1.02. The molecular formula is C17H22ClN3O9. The van der Waals surface area contributed by atoms with E-state index < -0.39 is 47.8 Å². The minimum Gasteiger partial charge on any atom is -0.451 e. The second-order valence-corrected chi connectivity index (χ2v) is 6.73. The molecule has 4 atom stereocenters. The summed E-state index contributed by atoms with van der Waals surface area (Å²) in [7, 11) is 2.29. The number of hydrogen-bond donors (Lipinski definition) is 0. The molecule has 13 heteroatoms. The van der Waals surface area contributed by atoms with E-state index in [1.54, 1.807) is 0 Å². The van der Waals surface area contributed by atoms with E-state index in [4.69, 9.17) is 25.8 Å². The molecule has 2 rings (SSSR count). The summed E-state index contributed by atoms with van der Waals surface area (Å²) >= 11 is 6.34. The fourth-order valence-electron chi connectivity index (χ4n) is 2.73. The first-order valence-electron chi connectivity index (χ1n) is 8.81. The van der Waals surface area contributed by atoms with E-state index in [1.807, 2.05) is 0 Å². The number of methoxy groups -OCH3 is 2. The molecule has 0 bridgehead atoms. The summed E-state index contributed by atoms with van der Waals surface area (Å²) in [5.74, 6) is -0.658. The van der Waals surface area contributed by atoms with Crippen molar-refractivity contribution in [2.24, 2.45) is 4.99 Å². The van der Waals surface area contributed by atoms with Crippen LogP contribution in [-0.2, 0) is 23.7 Å². The van der Waals surface area contributed by atoms with Crippen molar-refractivity contribution in [3.8, 4) is 0 Å². The lowest BCUT2D eigenvalue weighted by Gasteiger charge is -2.19. The molecule has 0 aromatic carbocycles. The van der Waals surface area contributed by atoms with Crippen LogP contribution in [0, 0.1) is 0 Å². The lowest BCUT2D eigenvalue weighted by molar-refractivity contribution is -0.136. The molecule has 166 valence electrons. The highest BCUT2D eigenvalue weighted by atomic mass is 35.5. The van der Waals surface area contributed by atoms with Gasteiger partial charge in [0.15, 0.2) is 11.7 Å². The average Bonchev–Trinajstić information content (AvgIpc) is 3.06. The lowest BCUT2D eigenvalue weighted by atomic mass is 10.2. The Kier molecular flexibility index (Phi) is 8.15. The van der Waals surface area contributed by atoms with Crippen LogP contribution in [-0.4, -0.2) is 65.9 Å². The summed E-state index contributed by atoms with van der Waals surface area (Å²) in [5, 5.41) is -0.614. The van der Waals surface area contributed by atoms with E-state index in [0.29, 0.717) is 11.0 Å². The van der Waals surface area contributed by atoms with E-state index in [2.05, 4.69) is 14.5 Å². The molecule has 12 nitrogen and oxygen atoms in total. The van der Waals surface area contributed by atoms with Gasteiger partial charge in [0.05, 0.1) is 32.3 Å². The van der Waals surface area contributed by atoms with E-state index in [1.165, 1.54) is 26.3 Å². The highest BCUT2D eigenvalue weighted by Crippen LogP contribution is 2.32. The average molecular weight is 448 g/mol. The van der Waals surface area contributed by atoms with Crippen LogP contribution < -0.4 is 11.2 Å². The molecule has 0 aliphatic carbocycles. The van der Waals surface area contributed by atoms with Crippen molar-refractivity contribution in [1.29, 1.82) is 0 Å². The number of hydrogen-bond acceptors (Lipinski definition) is 9. The summed E-state index contributed by atoms with van der Waals surface area (Å²) in [4.78, 5) is 50.8. The summed E-state index contributed by atoms with van der Waals surface area (Å²) < 4.78 is 26.6. The smallest absolute Gasteiger partial charge is 0.451 e. The van der Waals surface area contributed by atoms with E-state index in [9.17, 15) is 19.2 Å². The lowest BCUT2D eigenvalue weighted by Crippen LogP contribution is -2.44. The first kappa shape index (κ1) is 23.6. The van der Waals surface area contributed by atoms with E-state index in [-0.39, 0.29) is 12.1 Å². The van der Waals surface area contributed by atoms with Gasteiger partial charge in [-0.05, 0) is 19.4 Å². The van der Waals surface area contributed by atoms with Crippen LogP contribution in [0.1, 0.15) is 31.3 Å². The Bertz CT molecular complexity index is 926. The maximum atomic E-state index is 12.8. The van der Waals surface area contributed by atoms with Crippen molar-refractivity contribution in [3.05, 3.63) is 28.2 Å². The Morgan fingerprint density at radius 1 is 1.33 bits per heavy atom. The number of halogens is 1. The first-order chi connectivity index (χ1) is 14.2. The topological polar surface area (TPSA) is 137 Å². The molecular weight excluding hydrogens is 426 g/mol. The number of ether oxygens (including phenoxy) is 5. The van der Waals surface area contributed by atoms with E-state index >= 15 is 0 Å². The molecule has 0 saturated carbocycles. The molecule has 1 aromatic heterocycles. The van der Waals surface area contributed by atoms with Gasteiger partial charge in [0.2, 0.25) is 12.2 Å². The van der Waals surface area contributed by atoms with Gasteiger partial charge in [-0.3, -0.25) is 9.36 Å². The summed E-state index contributed by atoms with van der Waals surface area (Å²) in [6.45, 7) is 2.69. The molecule has 1 aliphatic rings. The Hall–Kier alpha value is -2.70. The van der Waals surface area contributed by atoms with Crippen LogP contribution in [0.5, 0.6) is 0 Å². The van der Waals surface area contributed by atoms with Crippen LogP contribution in [0.4, 0.5) is 9.59 Å². The fraction of sp³-hybridized carbons (Fsp3) is 0.588. The van der Waals surface area contributed by atoms with Gasteiger partial charge in [-0.2, -0.15) is 4.99 Å². The van der Waals surface area contributed by atoms with Gasteiger partial charge in [0.25, 0.3) is 0 Å². The van der Waals surface area contributed by atoms with Crippen molar-refractivity contribution < 1.29 is 38.1 Å². The Balaban J connectivity index is 2.20. The standard InChI is InChI=1S/C17H22ClN3O9/c1-9(22)21-13(19-15(23)26-3)5-6-20(16(21)24)14-12(18)7-11(30-14)8-28-10(2)29-17(25)27-4/h5-6,10-12,14H,7-8H2,1-4H3/b19-13+. The zero-order valence-corrected chi connectivity index (χ0v) is 17.5. The Morgan fingerprint density at radius 3 is 2.63 bits per heavy atom. The van der Waals surface area contributed by atoms with Gasteiger partial charge < -0.3 is 23.7 Å². The first-order valence-corrected chi connectivity index (χ1v) is 9.25. The Labute approximate surface area is 175 Å². The number of rotatable bonds is 5. The molecule has 1 amide bonds. The monoisotopic (exact) mass is 447 g/mol. The third kappa shape index (κ3) is 5.68. The quantitative estimate of drug-likeness (QED) is 0.368. The second-order valence-electron chi connectivity index (χ2n) is 6.17. The minimum absolute atomic E-state index is 0.0368. The largest absolute Gasteiger partial charge is 0.510 e. The molecule has 0 N–H and O–H groups in total. The SMILES string of the molecule is COC(=O)/N=c1\ccn(C2OC(COC(C)OC(=O)OC)CC2Cl)c(=O)n1C(C)=O. The molecule has 1 saturated heterocycles. The number of carbonyl (C=O) groups is 3. The normalized spacial score (nSPS) is 22.4. The third-order valence-electron chi connectivity index (χ3n) is 4.07. The maximum absolute atomic E-state index is 12.8. The number of alkyl halides is 1. The van der Waals surface area contributed by atoms with Crippen LogP contribution in [0.15, 0.2) is 22.1 Å². The highest BCUT2D eigenvalue weighted by molar-refractivity contribution is 6.21. The van der Waals surface area contributed by atoms with Crippen molar-refractivity contribution in [2.45, 2.75) is 44.3 Å². The van der Waals surface area contributed by atoms with Crippen molar-refractivity contribution >= 4 is 29.8 Å². The number of nitrogens with zero attached hydrogens (tertiary/aromatic N) is 3. The number of carbonyl (C=O) groups excluding carboxylic acids is 3. The number of aromatic nitrogens is 2. The molecule has 0 spiro atoms. The summed E-state index contributed by atoms with van der Waals surface area (Å²) in [6, 6.07) is 1.29. The fourth-order valence-corrected chi connectivity index (χ4v) is 3.11. The summed E-state index contributed by atoms with van der Waals surface area (Å²) in [6.07, 6.45) is -2.49. The van der Waals surface area contributed by atoms with Gasteiger partial charge in [-0.1, -0.05) is 0 Å². The van der Waals surface area contributed by atoms with Gasteiger partial charge in [-0.15, -0.1) is 11.6 Å². The van der Waals surface area contributed by atoms with Crippen molar-refractivity contribution in [1.82, 2.24) is 9.13 Å². The molecule has 4 unspecified atom stereocenters. The summed E-state index contributed by atoms with van der Waals surface area (Å²) in [5.41, 5.74) is -0.972. The Morgan fingerprint density at radius 2 is 2.03 bits per heavy atom. The van der Waals surface area contributed by atoms with Crippen molar-refractivity contribution in [2.75, 3.05) is 20.8 Å². The van der Waals surface area contributed by atoms with Gasteiger partial charge in [0, 0.05) is 13.1 Å². The third-order valence-corrected chi connectivity index (χ3v) is 4.46. The van der Waals surface area contributed by atoms with Gasteiger partial charge in [-0.25, -0.2) is 19.0 Å². The number of amides is 1. The molecule has 2 heterocycles. The van der Waals surface area contributed by atoms with Crippen LogP contribution in [0.2, 0.25) is 0 Å². The molecule has 30 heavy (non-hydrogen) atoms. The van der Waals surface area contributed by atoms with E-state index in [0.717, 1.165) is 18.6 Å². The molecule has 0 radical (unpaired) electrons. The minimum atomic E-state index is -0.963. The zero-order valence-electron chi connectivity index (χ0n) is 16.8. The zero-order chi connectivity index (χ0) is 22.4. The molecule has 1 fully saturated rings. The molecule has 1 aliphatic heterocycles. The van der Waals surface area contributed by atoms with Crippen LogP contribution in [0.25, 0.3) is 0 Å².